The summed E-state index contributed by atoms with van der Waals surface area (Å²) < 4.78 is 18.8. The highest BCUT2D eigenvalue weighted by Gasteiger charge is 2.13. The van der Waals surface area contributed by atoms with Gasteiger partial charge in [0.05, 0.1) is 17.7 Å². The van der Waals surface area contributed by atoms with Crippen molar-refractivity contribution in [2.24, 2.45) is 0 Å². The molecule has 0 saturated carbocycles. The topological polar surface area (TPSA) is 68.0 Å². The van der Waals surface area contributed by atoms with E-state index in [9.17, 15) is 9.18 Å². The minimum Gasteiger partial charge on any atom is -0.356 e. The summed E-state index contributed by atoms with van der Waals surface area (Å²) in [5.41, 5.74) is 1.55. The molecule has 0 aliphatic carbocycles. The van der Waals surface area contributed by atoms with Gasteiger partial charge in [0.2, 0.25) is 5.91 Å². The van der Waals surface area contributed by atoms with Gasteiger partial charge < -0.3 is 9.84 Å². The van der Waals surface area contributed by atoms with Crippen LogP contribution in [0.25, 0.3) is 11.3 Å². The van der Waals surface area contributed by atoms with Crippen LogP contribution in [-0.4, -0.2) is 16.0 Å². The largest absolute Gasteiger partial charge is 0.356 e. The van der Waals surface area contributed by atoms with Gasteiger partial charge in [0.1, 0.15) is 11.6 Å². The first-order chi connectivity index (χ1) is 11.1. The molecule has 0 atom stereocenters. The number of halogens is 1. The Labute approximate surface area is 132 Å². The predicted octanol–water partition coefficient (Wildman–Crippen LogP) is 3.37. The van der Waals surface area contributed by atoms with E-state index in [4.69, 9.17) is 4.52 Å². The van der Waals surface area contributed by atoms with Gasteiger partial charge in [0.15, 0.2) is 5.76 Å². The Morgan fingerprint density at radius 2 is 2.04 bits per heavy atom. The Hall–Kier alpha value is -3.02. The number of nitrogens with one attached hydrogen (secondary N) is 1. The third-order valence-corrected chi connectivity index (χ3v) is 3.20. The lowest BCUT2D eigenvalue weighted by Crippen LogP contribution is -2.15. The quantitative estimate of drug-likeness (QED) is 0.802. The highest BCUT2D eigenvalue weighted by molar-refractivity contribution is 5.91. The molecule has 0 bridgehead atoms. The van der Waals surface area contributed by atoms with Gasteiger partial charge >= 0.3 is 0 Å². The maximum absolute atomic E-state index is 13.7. The van der Waals surface area contributed by atoms with Gasteiger partial charge in [-0.2, -0.15) is 0 Å². The number of hydrogen-bond acceptors (Lipinski definition) is 4. The molecule has 6 heteroatoms. The van der Waals surface area contributed by atoms with E-state index in [0.29, 0.717) is 22.8 Å². The molecule has 2 aromatic heterocycles. The summed E-state index contributed by atoms with van der Waals surface area (Å²) in [6.07, 6.45) is 0.0214. The SMILES string of the molecule is Cc1cccc(NC(=O)Cc2cc(-c3ccccc3F)on2)n1. The molecule has 0 spiro atoms. The lowest BCUT2D eigenvalue weighted by molar-refractivity contribution is -0.115. The monoisotopic (exact) mass is 311 g/mol. The van der Waals surface area contributed by atoms with E-state index in [1.165, 1.54) is 6.07 Å². The molecule has 23 heavy (non-hydrogen) atoms. The minimum atomic E-state index is -0.399. The zero-order valence-corrected chi connectivity index (χ0v) is 12.4. The number of pyridine rings is 1. The van der Waals surface area contributed by atoms with E-state index in [2.05, 4.69) is 15.5 Å². The lowest BCUT2D eigenvalue weighted by Gasteiger charge is -2.03. The molecule has 5 nitrogen and oxygen atoms in total. The fourth-order valence-electron chi connectivity index (χ4n) is 2.15. The van der Waals surface area contributed by atoms with Crippen LogP contribution in [0.2, 0.25) is 0 Å². The second kappa shape index (κ2) is 6.39. The van der Waals surface area contributed by atoms with Crippen LogP contribution in [0.3, 0.4) is 0 Å². The maximum atomic E-state index is 13.7. The summed E-state index contributed by atoms with van der Waals surface area (Å²) in [5.74, 6) is 0.104. The van der Waals surface area contributed by atoms with Crippen LogP contribution in [0.4, 0.5) is 10.2 Å². The number of aromatic nitrogens is 2. The molecule has 1 aromatic carbocycles. The first-order valence-corrected chi connectivity index (χ1v) is 7.06. The summed E-state index contributed by atoms with van der Waals surface area (Å²) in [5, 5.41) is 6.50. The molecule has 1 amide bonds. The van der Waals surface area contributed by atoms with E-state index in [1.54, 1.807) is 30.3 Å². The van der Waals surface area contributed by atoms with Gasteiger partial charge in [-0.05, 0) is 31.2 Å². The number of aryl methyl sites for hydroxylation is 1. The Morgan fingerprint density at radius 3 is 2.83 bits per heavy atom. The molecule has 3 rings (SSSR count). The van der Waals surface area contributed by atoms with E-state index in [1.807, 2.05) is 19.1 Å². The Balaban J connectivity index is 1.69. The predicted molar refractivity (Wildman–Crippen MR) is 83.2 cm³/mol. The fourth-order valence-corrected chi connectivity index (χ4v) is 2.15. The Bertz CT molecular complexity index is 845. The summed E-state index contributed by atoms with van der Waals surface area (Å²) in [6.45, 7) is 1.84. The first-order valence-electron chi connectivity index (χ1n) is 7.06. The summed E-state index contributed by atoms with van der Waals surface area (Å²) >= 11 is 0. The third-order valence-electron chi connectivity index (χ3n) is 3.20. The van der Waals surface area contributed by atoms with Crippen LogP contribution in [0.1, 0.15) is 11.4 Å². The van der Waals surface area contributed by atoms with Gasteiger partial charge in [-0.25, -0.2) is 9.37 Å². The number of carbonyl (C=O) groups excluding carboxylic acids is 1. The first kappa shape index (κ1) is 14.9. The average Bonchev–Trinajstić information content (AvgIpc) is 2.95. The lowest BCUT2D eigenvalue weighted by atomic mass is 10.1. The van der Waals surface area contributed by atoms with Crippen LogP contribution in [0, 0.1) is 12.7 Å². The Morgan fingerprint density at radius 1 is 1.22 bits per heavy atom. The molecule has 0 aliphatic heterocycles. The molecule has 1 N–H and O–H groups in total. The summed E-state index contributed by atoms with van der Waals surface area (Å²) in [4.78, 5) is 16.2. The van der Waals surface area contributed by atoms with Crippen LogP contribution >= 0.6 is 0 Å². The number of amides is 1. The minimum absolute atomic E-state index is 0.0214. The molecule has 116 valence electrons. The molecule has 0 saturated heterocycles. The maximum Gasteiger partial charge on any atom is 0.231 e. The number of anilines is 1. The van der Waals surface area contributed by atoms with Gasteiger partial charge in [0.25, 0.3) is 0 Å². The smallest absolute Gasteiger partial charge is 0.231 e. The number of hydrogen-bond donors (Lipinski definition) is 1. The van der Waals surface area contributed by atoms with Crippen molar-refractivity contribution in [1.29, 1.82) is 0 Å². The molecule has 0 unspecified atom stereocenters. The highest BCUT2D eigenvalue weighted by atomic mass is 19.1. The molecule has 0 radical (unpaired) electrons. The molecule has 2 heterocycles. The van der Waals surface area contributed by atoms with Crippen molar-refractivity contribution >= 4 is 11.7 Å². The number of benzene rings is 1. The standard InChI is InChI=1S/C17H14FN3O2/c1-11-5-4-8-16(19-11)20-17(22)10-12-9-15(23-21-12)13-6-2-3-7-14(13)18/h2-9H,10H2,1H3,(H,19,20,22). The van der Waals surface area contributed by atoms with Gasteiger partial charge in [0, 0.05) is 11.8 Å². The van der Waals surface area contributed by atoms with Crippen LogP contribution in [-0.2, 0) is 11.2 Å². The second-order valence-corrected chi connectivity index (χ2v) is 5.05. The van der Waals surface area contributed by atoms with Crippen LogP contribution in [0.5, 0.6) is 0 Å². The van der Waals surface area contributed by atoms with Crippen LogP contribution < -0.4 is 5.32 Å². The number of nitrogens with zero attached hydrogens (tertiary/aromatic N) is 2. The highest BCUT2D eigenvalue weighted by Crippen LogP contribution is 2.23. The number of carbonyl (C=O) groups is 1. The van der Waals surface area contributed by atoms with Crippen molar-refractivity contribution in [3.63, 3.8) is 0 Å². The fraction of sp³-hybridized carbons (Fsp3) is 0.118. The van der Waals surface area contributed by atoms with Crippen molar-refractivity contribution in [2.75, 3.05) is 5.32 Å². The third kappa shape index (κ3) is 3.60. The van der Waals surface area contributed by atoms with E-state index >= 15 is 0 Å². The average molecular weight is 311 g/mol. The van der Waals surface area contributed by atoms with Crippen molar-refractivity contribution in [2.45, 2.75) is 13.3 Å². The van der Waals surface area contributed by atoms with Gasteiger partial charge in [-0.1, -0.05) is 23.4 Å². The van der Waals surface area contributed by atoms with Gasteiger partial charge in [-0.15, -0.1) is 0 Å². The van der Waals surface area contributed by atoms with Crippen LogP contribution in [0.15, 0.2) is 53.1 Å². The van der Waals surface area contributed by atoms with Gasteiger partial charge in [-0.3, -0.25) is 4.79 Å². The summed E-state index contributed by atoms with van der Waals surface area (Å²) in [7, 11) is 0. The molecular weight excluding hydrogens is 297 g/mol. The normalized spacial score (nSPS) is 10.5. The van der Waals surface area contributed by atoms with Crippen molar-refractivity contribution in [3.8, 4) is 11.3 Å². The summed E-state index contributed by atoms with van der Waals surface area (Å²) in [6, 6.07) is 13.2. The van der Waals surface area contributed by atoms with E-state index in [-0.39, 0.29) is 12.3 Å². The van der Waals surface area contributed by atoms with E-state index < -0.39 is 5.82 Å². The molecular formula is C17H14FN3O2. The van der Waals surface area contributed by atoms with Crippen molar-refractivity contribution in [1.82, 2.24) is 10.1 Å². The molecule has 0 fully saturated rings. The molecule has 0 aliphatic rings. The number of rotatable bonds is 4. The Kier molecular flexibility index (Phi) is 4.14. The molecule has 3 aromatic rings. The van der Waals surface area contributed by atoms with Crippen molar-refractivity contribution in [3.05, 3.63) is 65.7 Å². The zero-order valence-electron chi connectivity index (χ0n) is 12.4. The zero-order chi connectivity index (χ0) is 16.2. The van der Waals surface area contributed by atoms with Crippen molar-refractivity contribution < 1.29 is 13.7 Å². The van der Waals surface area contributed by atoms with E-state index in [0.717, 1.165) is 5.69 Å². The second-order valence-electron chi connectivity index (χ2n) is 5.05.